The monoisotopic (exact) mass is 270 g/mol. The highest BCUT2D eigenvalue weighted by molar-refractivity contribution is 7.89. The standard InChI is InChI=1S/C11H18N4O2S/c1-3-12-11-13-7-10(8-14-11)18(16,17)15-6-4-5-9(15)2/h7-9H,3-6H2,1-2H3,(H,12,13,14). The van der Waals surface area contributed by atoms with E-state index in [2.05, 4.69) is 15.3 Å². The van der Waals surface area contributed by atoms with Gasteiger partial charge >= 0.3 is 0 Å². The summed E-state index contributed by atoms with van der Waals surface area (Å²) in [5, 5.41) is 2.93. The van der Waals surface area contributed by atoms with E-state index in [1.807, 2.05) is 13.8 Å². The lowest BCUT2D eigenvalue weighted by atomic mass is 10.3. The fraction of sp³-hybridized carbons (Fsp3) is 0.636. The zero-order valence-corrected chi connectivity index (χ0v) is 11.4. The molecule has 1 aromatic heterocycles. The molecular formula is C11H18N4O2S. The molecule has 18 heavy (non-hydrogen) atoms. The molecule has 0 bridgehead atoms. The van der Waals surface area contributed by atoms with Gasteiger partial charge in [0.1, 0.15) is 4.90 Å². The Morgan fingerprint density at radius 1 is 1.44 bits per heavy atom. The van der Waals surface area contributed by atoms with Gasteiger partial charge in [-0.2, -0.15) is 4.31 Å². The number of rotatable bonds is 4. The molecule has 1 atom stereocenters. The minimum atomic E-state index is -3.44. The Morgan fingerprint density at radius 2 is 2.11 bits per heavy atom. The summed E-state index contributed by atoms with van der Waals surface area (Å²) in [5.74, 6) is 0.450. The summed E-state index contributed by atoms with van der Waals surface area (Å²) in [6.07, 6.45) is 4.56. The van der Waals surface area contributed by atoms with Crippen LogP contribution in [0.25, 0.3) is 0 Å². The van der Waals surface area contributed by atoms with Crippen molar-refractivity contribution in [1.82, 2.24) is 14.3 Å². The molecule has 1 fully saturated rings. The molecule has 0 saturated carbocycles. The Balaban J connectivity index is 2.24. The van der Waals surface area contributed by atoms with Gasteiger partial charge in [-0.05, 0) is 26.7 Å². The van der Waals surface area contributed by atoms with E-state index in [9.17, 15) is 8.42 Å². The minimum Gasteiger partial charge on any atom is -0.355 e. The van der Waals surface area contributed by atoms with Gasteiger partial charge in [0.05, 0.1) is 12.4 Å². The van der Waals surface area contributed by atoms with Crippen LogP contribution in [0.1, 0.15) is 26.7 Å². The Labute approximate surface area is 107 Å². The van der Waals surface area contributed by atoms with Gasteiger partial charge in [0.15, 0.2) is 0 Å². The molecule has 1 saturated heterocycles. The van der Waals surface area contributed by atoms with Crippen molar-refractivity contribution < 1.29 is 8.42 Å². The van der Waals surface area contributed by atoms with Crippen molar-refractivity contribution in [3.63, 3.8) is 0 Å². The van der Waals surface area contributed by atoms with E-state index in [4.69, 9.17) is 0 Å². The lowest BCUT2D eigenvalue weighted by molar-refractivity contribution is 0.408. The van der Waals surface area contributed by atoms with Gasteiger partial charge in [-0.25, -0.2) is 18.4 Å². The summed E-state index contributed by atoms with van der Waals surface area (Å²) in [7, 11) is -3.44. The average Bonchev–Trinajstić information content (AvgIpc) is 2.77. The largest absolute Gasteiger partial charge is 0.355 e. The number of hydrogen-bond acceptors (Lipinski definition) is 5. The smallest absolute Gasteiger partial charge is 0.246 e. The zero-order valence-electron chi connectivity index (χ0n) is 10.6. The number of aromatic nitrogens is 2. The van der Waals surface area contributed by atoms with Crippen molar-refractivity contribution in [3.05, 3.63) is 12.4 Å². The Bertz CT molecular complexity index is 500. The Hall–Kier alpha value is -1.21. The molecule has 1 aliphatic heterocycles. The summed E-state index contributed by atoms with van der Waals surface area (Å²) >= 11 is 0. The third-order valence-electron chi connectivity index (χ3n) is 3.06. The second-order valence-corrected chi connectivity index (χ2v) is 6.27. The summed E-state index contributed by atoms with van der Waals surface area (Å²) < 4.78 is 26.2. The van der Waals surface area contributed by atoms with E-state index in [1.165, 1.54) is 16.7 Å². The predicted molar refractivity (Wildman–Crippen MR) is 68.8 cm³/mol. The van der Waals surface area contributed by atoms with Gasteiger partial charge in [-0.3, -0.25) is 0 Å². The quantitative estimate of drug-likeness (QED) is 0.886. The maximum Gasteiger partial charge on any atom is 0.246 e. The molecule has 2 rings (SSSR count). The predicted octanol–water partition coefficient (Wildman–Crippen LogP) is 1.08. The zero-order chi connectivity index (χ0) is 13.2. The normalized spacial score (nSPS) is 21.1. The highest BCUT2D eigenvalue weighted by Gasteiger charge is 2.32. The van der Waals surface area contributed by atoms with E-state index >= 15 is 0 Å². The molecule has 100 valence electrons. The van der Waals surface area contributed by atoms with Crippen molar-refractivity contribution in [3.8, 4) is 0 Å². The molecule has 1 aromatic rings. The Morgan fingerprint density at radius 3 is 2.61 bits per heavy atom. The lowest BCUT2D eigenvalue weighted by Crippen LogP contribution is -2.33. The molecule has 0 spiro atoms. The molecule has 0 aromatic carbocycles. The van der Waals surface area contributed by atoms with Crippen LogP contribution in [0.5, 0.6) is 0 Å². The van der Waals surface area contributed by atoms with E-state index < -0.39 is 10.0 Å². The van der Waals surface area contributed by atoms with Crippen LogP contribution >= 0.6 is 0 Å². The molecule has 1 N–H and O–H groups in total. The van der Waals surface area contributed by atoms with Crippen molar-refractivity contribution in [1.29, 1.82) is 0 Å². The fourth-order valence-corrected chi connectivity index (χ4v) is 3.69. The molecule has 1 aliphatic rings. The number of nitrogens with one attached hydrogen (secondary N) is 1. The second-order valence-electron chi connectivity index (χ2n) is 4.38. The second kappa shape index (κ2) is 5.19. The van der Waals surface area contributed by atoms with Crippen LogP contribution in [0, 0.1) is 0 Å². The number of anilines is 1. The van der Waals surface area contributed by atoms with Crippen molar-refractivity contribution >= 4 is 16.0 Å². The van der Waals surface area contributed by atoms with Crippen LogP contribution in [0.4, 0.5) is 5.95 Å². The maximum absolute atomic E-state index is 12.3. The highest BCUT2D eigenvalue weighted by atomic mass is 32.2. The molecule has 1 unspecified atom stereocenters. The topological polar surface area (TPSA) is 75.2 Å². The lowest BCUT2D eigenvalue weighted by Gasteiger charge is -2.20. The maximum atomic E-state index is 12.3. The van der Waals surface area contributed by atoms with E-state index in [0.717, 1.165) is 12.8 Å². The van der Waals surface area contributed by atoms with Gasteiger partial charge in [-0.15, -0.1) is 0 Å². The number of nitrogens with zero attached hydrogens (tertiary/aromatic N) is 3. The molecule has 0 radical (unpaired) electrons. The van der Waals surface area contributed by atoms with Crippen LogP contribution < -0.4 is 5.32 Å². The van der Waals surface area contributed by atoms with E-state index in [0.29, 0.717) is 19.0 Å². The van der Waals surface area contributed by atoms with Crippen LogP contribution in [-0.2, 0) is 10.0 Å². The fourth-order valence-electron chi connectivity index (χ4n) is 2.10. The average molecular weight is 270 g/mol. The first kappa shape index (κ1) is 13.2. The summed E-state index contributed by atoms with van der Waals surface area (Å²) in [6, 6.07) is 0.0587. The minimum absolute atomic E-state index is 0.0587. The van der Waals surface area contributed by atoms with Crippen LogP contribution in [-0.4, -0.2) is 41.8 Å². The van der Waals surface area contributed by atoms with Gasteiger partial charge in [-0.1, -0.05) is 0 Å². The third kappa shape index (κ3) is 2.46. The number of sulfonamides is 1. The van der Waals surface area contributed by atoms with Gasteiger partial charge in [0.2, 0.25) is 16.0 Å². The summed E-state index contributed by atoms with van der Waals surface area (Å²) in [4.78, 5) is 8.17. The SMILES string of the molecule is CCNc1ncc(S(=O)(=O)N2CCCC2C)cn1. The first-order valence-electron chi connectivity index (χ1n) is 6.13. The highest BCUT2D eigenvalue weighted by Crippen LogP contribution is 2.24. The molecular weight excluding hydrogens is 252 g/mol. The molecule has 0 aliphatic carbocycles. The van der Waals surface area contributed by atoms with Gasteiger partial charge in [0, 0.05) is 19.1 Å². The summed E-state index contributed by atoms with van der Waals surface area (Å²) in [6.45, 7) is 5.14. The van der Waals surface area contributed by atoms with Crippen LogP contribution in [0.3, 0.4) is 0 Å². The van der Waals surface area contributed by atoms with Gasteiger partial charge < -0.3 is 5.32 Å². The Kier molecular flexibility index (Phi) is 3.82. The van der Waals surface area contributed by atoms with Gasteiger partial charge in [0.25, 0.3) is 0 Å². The molecule has 6 nitrogen and oxygen atoms in total. The first-order valence-corrected chi connectivity index (χ1v) is 7.57. The first-order chi connectivity index (χ1) is 8.55. The third-order valence-corrected chi connectivity index (χ3v) is 5.03. The molecule has 2 heterocycles. The van der Waals surface area contributed by atoms with Crippen molar-refractivity contribution in [2.45, 2.75) is 37.6 Å². The number of hydrogen-bond donors (Lipinski definition) is 1. The van der Waals surface area contributed by atoms with Crippen molar-refractivity contribution in [2.75, 3.05) is 18.4 Å². The molecule has 7 heteroatoms. The summed E-state index contributed by atoms with van der Waals surface area (Å²) in [5.41, 5.74) is 0. The van der Waals surface area contributed by atoms with Crippen LogP contribution in [0.15, 0.2) is 17.3 Å². The van der Waals surface area contributed by atoms with E-state index in [1.54, 1.807) is 0 Å². The van der Waals surface area contributed by atoms with Crippen molar-refractivity contribution in [2.24, 2.45) is 0 Å². The van der Waals surface area contributed by atoms with E-state index in [-0.39, 0.29) is 10.9 Å². The molecule has 0 amide bonds. The van der Waals surface area contributed by atoms with Crippen LogP contribution in [0.2, 0.25) is 0 Å².